The molecule has 2 N–H and O–H groups in total. The van der Waals surface area contributed by atoms with E-state index in [9.17, 15) is 9.90 Å². The topological polar surface area (TPSA) is 61.8 Å². The average molecular weight is 419 g/mol. The van der Waals surface area contributed by atoms with E-state index in [0.29, 0.717) is 11.3 Å². The Kier molecular flexibility index (Phi) is 6.54. The van der Waals surface area contributed by atoms with Crippen LogP contribution in [0.5, 0.6) is 5.75 Å². The van der Waals surface area contributed by atoms with Crippen molar-refractivity contribution in [3.63, 3.8) is 0 Å². The molecule has 0 radical (unpaired) electrons. The number of nitrogens with one attached hydrogen (secondary N) is 1. The van der Waals surface area contributed by atoms with Crippen molar-refractivity contribution in [3.8, 4) is 5.75 Å². The Labute approximate surface area is 183 Å². The second-order valence-corrected chi connectivity index (χ2v) is 8.37. The number of likely N-dealkylation sites (tertiary alicyclic amines) is 1. The van der Waals surface area contributed by atoms with Crippen LogP contribution in [0, 0.1) is 0 Å². The molecule has 0 bridgehead atoms. The summed E-state index contributed by atoms with van der Waals surface area (Å²) in [5.74, 6) is 0.652. The first-order chi connectivity index (χ1) is 15.0. The number of nitrogens with zero attached hydrogens (tertiary/aromatic N) is 1. The third-order valence-electron chi connectivity index (χ3n) is 6.07. The molecule has 3 aromatic rings. The molecular weight excluding hydrogens is 388 g/mol. The summed E-state index contributed by atoms with van der Waals surface area (Å²) in [5.41, 5.74) is 2.85. The van der Waals surface area contributed by atoms with Crippen LogP contribution in [0.2, 0.25) is 0 Å². The quantitative estimate of drug-likeness (QED) is 0.627. The Bertz CT molecular complexity index is 1060. The number of fused-ring (bicyclic) bond motifs is 1. The summed E-state index contributed by atoms with van der Waals surface area (Å²) < 4.78 is 5.21. The van der Waals surface area contributed by atoms with Gasteiger partial charge in [0.2, 0.25) is 0 Å². The van der Waals surface area contributed by atoms with Gasteiger partial charge in [-0.05, 0) is 72.0 Å². The van der Waals surface area contributed by atoms with E-state index in [0.717, 1.165) is 43.4 Å². The second kappa shape index (κ2) is 9.50. The van der Waals surface area contributed by atoms with Crippen molar-refractivity contribution in [1.29, 1.82) is 0 Å². The van der Waals surface area contributed by atoms with E-state index in [1.165, 1.54) is 10.9 Å². The molecule has 1 atom stereocenters. The molecule has 1 unspecified atom stereocenters. The van der Waals surface area contributed by atoms with E-state index in [2.05, 4.69) is 40.5 Å². The number of ether oxygens (including phenoxy) is 1. The third-order valence-corrected chi connectivity index (χ3v) is 6.07. The second-order valence-electron chi connectivity index (χ2n) is 8.37. The maximum atomic E-state index is 12.6. The Morgan fingerprint density at radius 3 is 2.61 bits per heavy atom. The van der Waals surface area contributed by atoms with Crippen molar-refractivity contribution in [1.82, 2.24) is 10.2 Å². The average Bonchev–Trinajstić information content (AvgIpc) is 2.79. The molecule has 1 amide bonds. The van der Waals surface area contributed by atoms with Crippen LogP contribution >= 0.6 is 0 Å². The number of carbonyl (C=O) groups excluding carboxylic acids is 1. The number of hydrogen-bond acceptors (Lipinski definition) is 4. The number of rotatable bonds is 6. The van der Waals surface area contributed by atoms with Gasteiger partial charge in [0.1, 0.15) is 5.75 Å². The zero-order chi connectivity index (χ0) is 21.8. The molecule has 162 valence electrons. The van der Waals surface area contributed by atoms with Crippen molar-refractivity contribution in [2.75, 3.05) is 20.2 Å². The fraction of sp³-hybridized carbons (Fsp3) is 0.346. The summed E-state index contributed by atoms with van der Waals surface area (Å²) in [6.07, 6.45) is 1.42. The number of amides is 1. The van der Waals surface area contributed by atoms with Crippen molar-refractivity contribution in [2.45, 2.75) is 38.5 Å². The van der Waals surface area contributed by atoms with Crippen molar-refractivity contribution in [3.05, 3.63) is 77.4 Å². The lowest BCUT2D eigenvalue weighted by molar-refractivity contribution is 0.0908. The van der Waals surface area contributed by atoms with E-state index in [1.54, 1.807) is 20.1 Å². The van der Waals surface area contributed by atoms with E-state index in [4.69, 9.17) is 4.74 Å². The summed E-state index contributed by atoms with van der Waals surface area (Å²) in [4.78, 5) is 15.0. The highest BCUT2D eigenvalue weighted by Crippen LogP contribution is 2.23. The molecule has 1 heterocycles. The highest BCUT2D eigenvalue weighted by molar-refractivity contribution is 5.94. The van der Waals surface area contributed by atoms with Gasteiger partial charge >= 0.3 is 0 Å². The van der Waals surface area contributed by atoms with Crippen molar-refractivity contribution >= 4 is 16.7 Å². The summed E-state index contributed by atoms with van der Waals surface area (Å²) in [7, 11) is 1.61. The summed E-state index contributed by atoms with van der Waals surface area (Å²) in [6.45, 7) is 4.59. The lowest BCUT2D eigenvalue weighted by Gasteiger charge is -2.32. The monoisotopic (exact) mass is 418 g/mol. The minimum absolute atomic E-state index is 0.0409. The van der Waals surface area contributed by atoms with Crippen molar-refractivity contribution in [2.24, 2.45) is 0 Å². The van der Waals surface area contributed by atoms with Crippen LogP contribution in [0.4, 0.5) is 0 Å². The molecule has 1 aliphatic rings. The van der Waals surface area contributed by atoms with Gasteiger partial charge in [-0.3, -0.25) is 9.69 Å². The number of carbonyl (C=O) groups is 1. The Morgan fingerprint density at radius 1 is 1.10 bits per heavy atom. The maximum Gasteiger partial charge on any atom is 0.251 e. The molecule has 0 spiro atoms. The number of aliphatic hydroxyl groups excluding tert-OH is 1. The van der Waals surface area contributed by atoms with Gasteiger partial charge in [0, 0.05) is 31.2 Å². The van der Waals surface area contributed by atoms with Crippen LogP contribution in [-0.2, 0) is 6.54 Å². The first kappa shape index (κ1) is 21.3. The maximum absolute atomic E-state index is 12.6. The smallest absolute Gasteiger partial charge is 0.251 e. The molecule has 1 fully saturated rings. The Hall–Kier alpha value is -2.89. The van der Waals surface area contributed by atoms with Crippen molar-refractivity contribution < 1.29 is 14.6 Å². The SMILES string of the molecule is COc1cccc(C(=O)NC2CCN(Cc3ccc4ccc(C(C)O)cc4c3)CC2)c1. The highest BCUT2D eigenvalue weighted by atomic mass is 16.5. The molecule has 31 heavy (non-hydrogen) atoms. The Morgan fingerprint density at radius 2 is 1.87 bits per heavy atom. The minimum Gasteiger partial charge on any atom is -0.497 e. The zero-order valence-electron chi connectivity index (χ0n) is 18.2. The highest BCUT2D eigenvalue weighted by Gasteiger charge is 2.21. The Balaban J connectivity index is 1.33. The minimum atomic E-state index is -0.459. The van der Waals surface area contributed by atoms with Crippen LogP contribution in [0.15, 0.2) is 60.7 Å². The van der Waals surface area contributed by atoms with Gasteiger partial charge < -0.3 is 15.2 Å². The predicted octanol–water partition coefficient (Wildman–Crippen LogP) is 4.30. The molecule has 5 nitrogen and oxygen atoms in total. The van der Waals surface area contributed by atoms with Crippen LogP contribution in [0.3, 0.4) is 0 Å². The zero-order valence-corrected chi connectivity index (χ0v) is 18.2. The molecule has 0 aromatic heterocycles. The molecule has 4 rings (SSSR count). The van der Waals surface area contributed by atoms with Gasteiger partial charge in [0.25, 0.3) is 5.91 Å². The fourth-order valence-corrected chi connectivity index (χ4v) is 4.20. The third kappa shape index (κ3) is 5.24. The lowest BCUT2D eigenvalue weighted by Crippen LogP contribution is -2.44. The molecule has 0 saturated carbocycles. The van der Waals surface area contributed by atoms with Gasteiger partial charge in [0.05, 0.1) is 13.2 Å². The van der Waals surface area contributed by atoms with Crippen LogP contribution in [0.25, 0.3) is 10.8 Å². The van der Waals surface area contributed by atoms with Gasteiger partial charge in [-0.15, -0.1) is 0 Å². The lowest BCUT2D eigenvalue weighted by atomic mass is 10.0. The molecular formula is C26H30N2O3. The standard InChI is InChI=1S/C26H30N2O3/c1-18(29)21-9-8-20-7-6-19(14-23(20)15-21)17-28-12-10-24(11-13-28)27-26(30)22-4-3-5-25(16-22)31-2/h3-9,14-16,18,24,29H,10-13,17H2,1-2H3,(H,27,30). The molecule has 3 aromatic carbocycles. The predicted molar refractivity (Wildman–Crippen MR) is 123 cm³/mol. The van der Waals surface area contributed by atoms with E-state index >= 15 is 0 Å². The van der Waals surface area contributed by atoms with Gasteiger partial charge in [0.15, 0.2) is 0 Å². The summed E-state index contributed by atoms with van der Waals surface area (Å²) in [6, 6.07) is 20.1. The van der Waals surface area contributed by atoms with E-state index < -0.39 is 6.10 Å². The van der Waals surface area contributed by atoms with Crippen LogP contribution in [0.1, 0.15) is 47.4 Å². The number of benzene rings is 3. The normalized spacial score (nSPS) is 16.2. The van der Waals surface area contributed by atoms with Crippen LogP contribution < -0.4 is 10.1 Å². The number of methoxy groups -OCH3 is 1. The number of piperidine rings is 1. The molecule has 1 aliphatic heterocycles. The number of hydrogen-bond donors (Lipinski definition) is 2. The molecule has 5 heteroatoms. The van der Waals surface area contributed by atoms with Gasteiger partial charge in [-0.2, -0.15) is 0 Å². The summed E-state index contributed by atoms with van der Waals surface area (Å²) in [5, 5.41) is 15.4. The fourth-order valence-electron chi connectivity index (χ4n) is 4.20. The van der Waals surface area contributed by atoms with E-state index in [1.807, 2.05) is 24.3 Å². The van der Waals surface area contributed by atoms with E-state index in [-0.39, 0.29) is 11.9 Å². The largest absolute Gasteiger partial charge is 0.497 e. The van der Waals surface area contributed by atoms with Gasteiger partial charge in [-0.1, -0.05) is 30.3 Å². The van der Waals surface area contributed by atoms with Crippen LogP contribution in [-0.4, -0.2) is 42.2 Å². The van der Waals surface area contributed by atoms with Gasteiger partial charge in [-0.25, -0.2) is 0 Å². The first-order valence-corrected chi connectivity index (χ1v) is 10.9. The summed E-state index contributed by atoms with van der Waals surface area (Å²) >= 11 is 0. The molecule has 0 aliphatic carbocycles. The number of aliphatic hydroxyl groups is 1. The first-order valence-electron chi connectivity index (χ1n) is 10.9. The molecule has 1 saturated heterocycles.